The van der Waals surface area contributed by atoms with Crippen LogP contribution in [0.15, 0.2) is 72.8 Å². The minimum atomic E-state index is -0.165. The molecule has 2 aromatic carbocycles. The van der Waals surface area contributed by atoms with Gasteiger partial charge >= 0.3 is 5.97 Å². The minimum Gasteiger partial charge on any atom is -0.461 e. The summed E-state index contributed by atoms with van der Waals surface area (Å²) in [4.78, 5) is 25.0. The van der Waals surface area contributed by atoms with E-state index in [4.69, 9.17) is 18.9 Å². The number of hydrogen-bond donors (Lipinski definition) is 0. The molecule has 2 fully saturated rings. The summed E-state index contributed by atoms with van der Waals surface area (Å²) in [7, 11) is 0. The van der Waals surface area contributed by atoms with Crippen molar-refractivity contribution in [1.82, 2.24) is 0 Å². The van der Waals surface area contributed by atoms with Crippen molar-refractivity contribution >= 4 is 11.8 Å². The molecule has 1 saturated heterocycles. The molecule has 5 atom stereocenters. The van der Waals surface area contributed by atoms with Crippen molar-refractivity contribution in [1.29, 1.82) is 0 Å². The van der Waals surface area contributed by atoms with Gasteiger partial charge < -0.3 is 18.9 Å². The van der Waals surface area contributed by atoms with Crippen LogP contribution in [-0.2, 0) is 41.8 Å². The molecule has 4 rings (SSSR count). The third-order valence-corrected chi connectivity index (χ3v) is 9.08. The number of ether oxygens (including phenoxy) is 4. The molecule has 0 bridgehead atoms. The molecule has 45 heavy (non-hydrogen) atoms. The molecule has 1 aliphatic heterocycles. The fourth-order valence-electron chi connectivity index (χ4n) is 6.52. The molecular weight excluding hydrogens is 564 g/mol. The molecule has 0 N–H and O–H groups in total. The smallest absolute Gasteiger partial charge is 0.306 e. The van der Waals surface area contributed by atoms with E-state index in [1.165, 1.54) is 0 Å². The fraction of sp³-hybridized carbons (Fsp3) is 0.590. The Kier molecular flexibility index (Phi) is 15.9. The molecule has 0 radical (unpaired) electrons. The summed E-state index contributed by atoms with van der Waals surface area (Å²) >= 11 is 0. The monoisotopic (exact) mass is 618 g/mol. The van der Waals surface area contributed by atoms with Crippen LogP contribution in [0.25, 0.3) is 0 Å². The third-order valence-electron chi connectivity index (χ3n) is 9.08. The van der Waals surface area contributed by atoms with E-state index in [-0.39, 0.29) is 42.1 Å². The van der Waals surface area contributed by atoms with Crippen molar-refractivity contribution in [3.05, 3.63) is 83.9 Å². The highest BCUT2D eigenvalue weighted by molar-refractivity contribution is 5.89. The number of benzene rings is 2. The Balaban J connectivity index is 1.33. The highest BCUT2D eigenvalue weighted by atomic mass is 16.7. The summed E-state index contributed by atoms with van der Waals surface area (Å²) in [5.74, 6) is 0.406. The van der Waals surface area contributed by atoms with Gasteiger partial charge in [-0.1, -0.05) is 106 Å². The number of hydrogen-bond acceptors (Lipinski definition) is 6. The fourth-order valence-corrected chi connectivity index (χ4v) is 6.52. The van der Waals surface area contributed by atoms with Gasteiger partial charge in [-0.15, -0.1) is 0 Å². The Morgan fingerprint density at radius 2 is 1.53 bits per heavy atom. The van der Waals surface area contributed by atoms with Crippen LogP contribution in [-0.4, -0.2) is 36.9 Å². The lowest BCUT2D eigenvalue weighted by Gasteiger charge is -2.30. The summed E-state index contributed by atoms with van der Waals surface area (Å²) in [6.07, 6.45) is 16.7. The molecule has 6 heteroatoms. The first kappa shape index (κ1) is 35.1. The van der Waals surface area contributed by atoms with Crippen LogP contribution in [0.1, 0.15) is 108 Å². The van der Waals surface area contributed by atoms with Crippen LogP contribution >= 0.6 is 0 Å². The molecule has 0 amide bonds. The zero-order chi connectivity index (χ0) is 31.5. The van der Waals surface area contributed by atoms with Gasteiger partial charge in [-0.25, -0.2) is 0 Å². The molecule has 2 aliphatic rings. The van der Waals surface area contributed by atoms with E-state index < -0.39 is 0 Å². The molecule has 6 nitrogen and oxygen atoms in total. The summed E-state index contributed by atoms with van der Waals surface area (Å²) in [5, 5.41) is 0. The van der Waals surface area contributed by atoms with Gasteiger partial charge in [0.05, 0.1) is 18.8 Å². The maximum atomic E-state index is 12.8. The average Bonchev–Trinajstić information content (AvgIpc) is 3.40. The second kappa shape index (κ2) is 20.3. The average molecular weight is 619 g/mol. The number of ketones is 1. The lowest BCUT2D eigenvalue weighted by atomic mass is 9.87. The van der Waals surface area contributed by atoms with Crippen molar-refractivity contribution in [2.45, 2.75) is 129 Å². The zero-order valence-electron chi connectivity index (χ0n) is 27.3. The quantitative estimate of drug-likeness (QED) is 0.0838. The van der Waals surface area contributed by atoms with Gasteiger partial charge in [-0.2, -0.15) is 0 Å². The number of esters is 1. The number of carbonyl (C=O) groups is 2. The van der Waals surface area contributed by atoms with Crippen LogP contribution in [0.4, 0.5) is 0 Å². The van der Waals surface area contributed by atoms with E-state index in [0.717, 1.165) is 94.8 Å². The molecule has 1 aliphatic carbocycles. The third kappa shape index (κ3) is 12.8. The Labute approximate surface area is 270 Å². The lowest BCUT2D eigenvalue weighted by molar-refractivity contribution is -0.196. The highest BCUT2D eigenvalue weighted by Gasteiger charge is 2.44. The highest BCUT2D eigenvalue weighted by Crippen LogP contribution is 2.42. The maximum Gasteiger partial charge on any atom is 0.306 e. The molecule has 0 spiro atoms. The predicted octanol–water partition coefficient (Wildman–Crippen LogP) is 8.91. The van der Waals surface area contributed by atoms with E-state index in [2.05, 4.69) is 25.1 Å². The van der Waals surface area contributed by atoms with E-state index in [1.54, 1.807) is 0 Å². The van der Waals surface area contributed by atoms with Crippen LogP contribution in [0.3, 0.4) is 0 Å². The Bertz CT molecular complexity index is 1130. The summed E-state index contributed by atoms with van der Waals surface area (Å²) < 4.78 is 24.7. The van der Waals surface area contributed by atoms with E-state index in [9.17, 15) is 9.59 Å². The molecule has 2 aromatic rings. The van der Waals surface area contributed by atoms with E-state index >= 15 is 0 Å². The van der Waals surface area contributed by atoms with Gasteiger partial charge in [-0.3, -0.25) is 9.59 Å². The number of unbranched alkanes of at least 4 members (excludes halogenated alkanes) is 5. The Morgan fingerprint density at radius 3 is 2.24 bits per heavy atom. The normalized spacial score (nSPS) is 23.4. The largest absolute Gasteiger partial charge is 0.461 e. The number of allylic oxidation sites excluding steroid dienone is 1. The van der Waals surface area contributed by atoms with Crippen molar-refractivity contribution in [3.8, 4) is 0 Å². The second-order valence-electron chi connectivity index (χ2n) is 12.7. The molecule has 1 unspecified atom stereocenters. The summed E-state index contributed by atoms with van der Waals surface area (Å²) in [6.45, 7) is 3.78. The maximum absolute atomic E-state index is 12.8. The molecule has 0 aromatic heterocycles. The molecular formula is C39H54O6. The van der Waals surface area contributed by atoms with Crippen LogP contribution in [0.5, 0.6) is 0 Å². The van der Waals surface area contributed by atoms with E-state index in [0.29, 0.717) is 26.1 Å². The van der Waals surface area contributed by atoms with Gasteiger partial charge in [0.15, 0.2) is 12.1 Å². The standard InChI is InChI=1S/C39H54O6/c1-2-3-8-21-33(40)25-26-35-34(22-13-4-5-14-23-38(41)44-30-32-19-11-7-12-20-32)37(45-39-24-15-16-27-42-39)28-36(35)43-29-31-17-9-6-10-18-31/h6-7,9-12,17-20,25-26,34-37,39H,2-5,8,13-16,21-24,27-30H2,1H3/b26-25+/t34-,35-,36-,37+,39?/m1/s1. The summed E-state index contributed by atoms with van der Waals surface area (Å²) in [6, 6.07) is 20.1. The Hall–Kier alpha value is -2.80. The predicted molar refractivity (Wildman–Crippen MR) is 177 cm³/mol. The number of rotatable bonds is 20. The van der Waals surface area contributed by atoms with Gasteiger partial charge in [0.2, 0.25) is 0 Å². The van der Waals surface area contributed by atoms with Crippen LogP contribution in [0.2, 0.25) is 0 Å². The Morgan fingerprint density at radius 1 is 0.822 bits per heavy atom. The van der Waals surface area contributed by atoms with Crippen LogP contribution in [0, 0.1) is 11.8 Å². The van der Waals surface area contributed by atoms with Crippen LogP contribution < -0.4 is 0 Å². The van der Waals surface area contributed by atoms with Gasteiger partial charge in [-0.05, 0) is 61.6 Å². The van der Waals surface area contributed by atoms with Gasteiger partial charge in [0.1, 0.15) is 6.61 Å². The molecule has 1 heterocycles. The molecule has 1 saturated carbocycles. The van der Waals surface area contributed by atoms with Gasteiger partial charge in [0.25, 0.3) is 0 Å². The van der Waals surface area contributed by atoms with E-state index in [1.807, 2.05) is 54.6 Å². The second-order valence-corrected chi connectivity index (χ2v) is 12.7. The van der Waals surface area contributed by atoms with Crippen molar-refractivity contribution in [3.63, 3.8) is 0 Å². The first-order valence-electron chi connectivity index (χ1n) is 17.5. The van der Waals surface area contributed by atoms with Crippen molar-refractivity contribution in [2.24, 2.45) is 11.8 Å². The minimum absolute atomic E-state index is 0.0201. The topological polar surface area (TPSA) is 71.1 Å². The SMILES string of the molecule is CCCCCC(=O)/C=C/[C@@H]1[C@@H](CCCCCCC(=O)OCc2ccccc2)[C@@H](OC2CCCCO2)C[C@H]1OCc1ccccc1. The van der Waals surface area contributed by atoms with Crippen molar-refractivity contribution in [2.75, 3.05) is 6.61 Å². The number of carbonyl (C=O) groups excluding carboxylic acids is 2. The van der Waals surface area contributed by atoms with Crippen molar-refractivity contribution < 1.29 is 28.5 Å². The first-order chi connectivity index (χ1) is 22.1. The lowest BCUT2D eigenvalue weighted by Crippen LogP contribution is -2.31. The molecule has 246 valence electrons. The zero-order valence-corrected chi connectivity index (χ0v) is 27.3. The van der Waals surface area contributed by atoms with Gasteiger partial charge in [0, 0.05) is 31.8 Å². The summed E-state index contributed by atoms with van der Waals surface area (Å²) in [5.41, 5.74) is 2.16. The first-order valence-corrected chi connectivity index (χ1v) is 17.5.